The number of likely N-dealkylation sites (tertiary alicyclic amines) is 1. The highest BCUT2D eigenvalue weighted by molar-refractivity contribution is 7.89. The van der Waals surface area contributed by atoms with Gasteiger partial charge in [0.1, 0.15) is 11.5 Å². The van der Waals surface area contributed by atoms with E-state index in [1.807, 2.05) is 0 Å². The second kappa shape index (κ2) is 11.0. The predicted octanol–water partition coefficient (Wildman–Crippen LogP) is 1.70. The van der Waals surface area contributed by atoms with Gasteiger partial charge < -0.3 is 19.5 Å². The molecule has 198 valence electrons. The lowest BCUT2D eigenvalue weighted by atomic mass is 9.95. The van der Waals surface area contributed by atoms with Gasteiger partial charge in [-0.05, 0) is 42.0 Å². The summed E-state index contributed by atoms with van der Waals surface area (Å²) in [5, 5.41) is 11.2. The first-order valence-corrected chi connectivity index (χ1v) is 13.3. The summed E-state index contributed by atoms with van der Waals surface area (Å²) in [4.78, 5) is 30.1. The molecule has 0 unspecified atom stereocenters. The molecule has 0 saturated carbocycles. The Morgan fingerprint density at radius 1 is 1.03 bits per heavy atom. The molecule has 1 N–H and O–H groups in total. The molecule has 0 spiro atoms. The molecule has 4 rings (SSSR count). The molecule has 0 aromatic heterocycles. The van der Waals surface area contributed by atoms with Crippen molar-refractivity contribution < 1.29 is 32.6 Å². The molecule has 1 atom stereocenters. The van der Waals surface area contributed by atoms with Crippen LogP contribution >= 0.6 is 0 Å². The molecule has 2 aromatic carbocycles. The minimum absolute atomic E-state index is 0.0413. The van der Waals surface area contributed by atoms with Crippen LogP contribution in [0.4, 0.5) is 0 Å². The lowest BCUT2D eigenvalue weighted by molar-refractivity contribution is -0.140. The van der Waals surface area contributed by atoms with Crippen LogP contribution in [0.1, 0.15) is 17.2 Å². The average molecular weight is 530 g/mol. The summed E-state index contributed by atoms with van der Waals surface area (Å²) in [7, 11) is 0.735. The lowest BCUT2D eigenvalue weighted by Crippen LogP contribution is -2.42. The Bertz CT molecular complexity index is 1280. The third-order valence-corrected chi connectivity index (χ3v) is 8.47. The highest BCUT2D eigenvalue weighted by Crippen LogP contribution is 2.39. The molecule has 2 saturated heterocycles. The van der Waals surface area contributed by atoms with Gasteiger partial charge in [0.05, 0.1) is 36.8 Å². The van der Waals surface area contributed by atoms with Gasteiger partial charge in [-0.15, -0.1) is 0 Å². The third kappa shape index (κ3) is 5.40. The van der Waals surface area contributed by atoms with Crippen LogP contribution in [0.15, 0.2) is 59.0 Å². The van der Waals surface area contributed by atoms with Crippen molar-refractivity contribution in [2.75, 3.05) is 60.6 Å². The third-order valence-electron chi connectivity index (χ3n) is 6.64. The monoisotopic (exact) mass is 529 g/mol. The predicted molar refractivity (Wildman–Crippen MR) is 137 cm³/mol. The number of benzene rings is 2. The van der Waals surface area contributed by atoms with E-state index in [-0.39, 0.29) is 28.3 Å². The van der Waals surface area contributed by atoms with Gasteiger partial charge in [0, 0.05) is 45.8 Å². The summed E-state index contributed by atoms with van der Waals surface area (Å²) in [5.41, 5.74) is 0.845. The smallest absolute Gasteiger partial charge is 0.295 e. The minimum Gasteiger partial charge on any atom is -0.507 e. The van der Waals surface area contributed by atoms with Gasteiger partial charge in [-0.25, -0.2) is 12.7 Å². The topological polar surface area (TPSA) is 117 Å². The van der Waals surface area contributed by atoms with Crippen molar-refractivity contribution >= 4 is 27.5 Å². The van der Waals surface area contributed by atoms with Crippen LogP contribution in [0.25, 0.3) is 5.76 Å². The van der Waals surface area contributed by atoms with Gasteiger partial charge in [0.15, 0.2) is 0 Å². The van der Waals surface area contributed by atoms with Crippen LogP contribution in [-0.2, 0) is 24.3 Å². The van der Waals surface area contributed by atoms with Crippen LogP contribution in [0.3, 0.4) is 0 Å². The summed E-state index contributed by atoms with van der Waals surface area (Å²) >= 11 is 0. The summed E-state index contributed by atoms with van der Waals surface area (Å²) in [5.74, 6) is -1.22. The second-order valence-electron chi connectivity index (χ2n) is 9.03. The maximum absolute atomic E-state index is 13.2. The van der Waals surface area contributed by atoms with Crippen molar-refractivity contribution in [1.82, 2.24) is 14.1 Å². The van der Waals surface area contributed by atoms with Crippen molar-refractivity contribution in [3.63, 3.8) is 0 Å². The second-order valence-corrected chi connectivity index (χ2v) is 11.2. The highest BCUT2D eigenvalue weighted by Gasteiger charge is 2.46. The Hall–Kier alpha value is -3.25. The SMILES string of the molecule is COc1ccc([C@H]2/C(=C(\O)c3ccc(S(=O)(=O)N(C)C)cc3)C(=O)C(=O)N2CCN2CCOCC2)cc1. The number of morpholine rings is 1. The number of hydrogen-bond acceptors (Lipinski definition) is 8. The van der Waals surface area contributed by atoms with Crippen molar-refractivity contribution in [1.29, 1.82) is 0 Å². The number of nitrogens with zero attached hydrogens (tertiary/aromatic N) is 3. The molecule has 0 bridgehead atoms. The molecule has 2 aliphatic rings. The number of ether oxygens (including phenoxy) is 2. The zero-order valence-corrected chi connectivity index (χ0v) is 21.9. The Balaban J connectivity index is 1.73. The summed E-state index contributed by atoms with van der Waals surface area (Å²) < 4.78 is 36.6. The quantitative estimate of drug-likeness (QED) is 0.312. The lowest BCUT2D eigenvalue weighted by Gasteiger charge is -2.31. The normalized spacial score (nSPS) is 20.5. The Kier molecular flexibility index (Phi) is 7.98. The van der Waals surface area contributed by atoms with Gasteiger partial charge in [-0.2, -0.15) is 0 Å². The summed E-state index contributed by atoms with van der Waals surface area (Å²) in [6.45, 7) is 3.54. The first-order chi connectivity index (χ1) is 17.6. The zero-order chi connectivity index (χ0) is 26.7. The van der Waals surface area contributed by atoms with Gasteiger partial charge in [0.2, 0.25) is 10.0 Å². The first-order valence-electron chi connectivity index (χ1n) is 11.9. The number of sulfonamides is 1. The van der Waals surface area contributed by atoms with E-state index in [1.165, 1.54) is 43.3 Å². The highest BCUT2D eigenvalue weighted by atomic mass is 32.2. The fourth-order valence-corrected chi connectivity index (χ4v) is 5.37. The van der Waals surface area contributed by atoms with E-state index in [0.717, 1.165) is 17.4 Å². The number of hydrogen-bond donors (Lipinski definition) is 1. The molecule has 10 nitrogen and oxygen atoms in total. The fraction of sp³-hybridized carbons (Fsp3) is 0.385. The van der Waals surface area contributed by atoms with Crippen molar-refractivity contribution in [3.8, 4) is 5.75 Å². The largest absolute Gasteiger partial charge is 0.507 e. The van der Waals surface area contributed by atoms with Crippen LogP contribution in [-0.4, -0.2) is 99.9 Å². The number of carbonyl (C=O) groups excluding carboxylic acids is 2. The first kappa shape index (κ1) is 26.8. The van der Waals surface area contributed by atoms with Gasteiger partial charge in [-0.3, -0.25) is 14.5 Å². The van der Waals surface area contributed by atoms with Crippen molar-refractivity contribution in [3.05, 3.63) is 65.2 Å². The van der Waals surface area contributed by atoms with E-state index in [1.54, 1.807) is 31.4 Å². The number of ketones is 1. The van der Waals surface area contributed by atoms with E-state index < -0.39 is 27.8 Å². The molecule has 2 aliphatic heterocycles. The maximum atomic E-state index is 13.2. The fourth-order valence-electron chi connectivity index (χ4n) is 4.47. The molecular formula is C26H31N3O7S. The Labute approximate surface area is 216 Å². The van der Waals surface area contributed by atoms with Crippen LogP contribution in [0, 0.1) is 0 Å². The number of carbonyl (C=O) groups is 2. The van der Waals surface area contributed by atoms with Crippen molar-refractivity contribution in [2.45, 2.75) is 10.9 Å². The molecule has 2 heterocycles. The molecule has 1 amide bonds. The standard InChI is InChI=1S/C26H31N3O7S/c1-27(2)37(33,34)21-10-6-19(7-11-21)24(30)22-23(18-4-8-20(35-3)9-5-18)29(26(32)25(22)31)13-12-28-14-16-36-17-15-28/h4-11,23,30H,12-17H2,1-3H3/b24-22+/t23-/m0/s1. The number of aliphatic hydroxyl groups excluding tert-OH is 1. The summed E-state index contributed by atoms with van der Waals surface area (Å²) in [6.07, 6.45) is 0. The van der Waals surface area contributed by atoms with Crippen molar-refractivity contribution in [2.24, 2.45) is 0 Å². The van der Waals surface area contributed by atoms with E-state index in [2.05, 4.69) is 4.90 Å². The van der Waals surface area contributed by atoms with Gasteiger partial charge in [0.25, 0.3) is 11.7 Å². The summed E-state index contributed by atoms with van der Waals surface area (Å²) in [6, 6.07) is 11.8. The van der Waals surface area contributed by atoms with Crippen LogP contribution in [0.5, 0.6) is 5.75 Å². The molecule has 0 aliphatic carbocycles. The number of Topliss-reactive ketones (excluding diaryl/α,β-unsaturated/α-hetero) is 1. The average Bonchev–Trinajstić information content (AvgIpc) is 3.17. The molecule has 2 fully saturated rings. The number of aliphatic hydroxyl groups is 1. The molecule has 0 radical (unpaired) electrons. The zero-order valence-electron chi connectivity index (χ0n) is 21.1. The van der Waals surface area contributed by atoms with E-state index in [0.29, 0.717) is 31.1 Å². The molecule has 11 heteroatoms. The minimum atomic E-state index is -3.66. The Morgan fingerprint density at radius 2 is 1.65 bits per heavy atom. The molecule has 37 heavy (non-hydrogen) atoms. The number of amides is 1. The molecular weight excluding hydrogens is 498 g/mol. The maximum Gasteiger partial charge on any atom is 0.295 e. The van der Waals surface area contributed by atoms with E-state index in [9.17, 15) is 23.1 Å². The number of rotatable bonds is 8. The van der Waals surface area contributed by atoms with E-state index >= 15 is 0 Å². The van der Waals surface area contributed by atoms with Gasteiger partial charge >= 0.3 is 0 Å². The van der Waals surface area contributed by atoms with Crippen LogP contribution in [0.2, 0.25) is 0 Å². The Morgan fingerprint density at radius 3 is 2.22 bits per heavy atom. The van der Waals surface area contributed by atoms with Gasteiger partial charge in [-0.1, -0.05) is 12.1 Å². The van der Waals surface area contributed by atoms with E-state index in [4.69, 9.17) is 9.47 Å². The molecule has 2 aromatic rings. The van der Waals surface area contributed by atoms with Crippen LogP contribution < -0.4 is 4.74 Å². The number of methoxy groups -OCH3 is 1.